The summed E-state index contributed by atoms with van der Waals surface area (Å²) in [6.45, 7) is 2.13. The first kappa shape index (κ1) is 25.6. The number of carbonyl (C=O) groups is 1. The molecule has 12 heteroatoms. The lowest BCUT2D eigenvalue weighted by Gasteiger charge is -2.39. The SMILES string of the molecule is CC(=O)N(Cc1ccc(F)cc1C(F)(F)F)C1CCN(c2nnc(-c3ccnn3C)c3ccncc23)CC1. The number of hydrogen-bond donors (Lipinski definition) is 0. The number of amides is 1. The molecule has 4 aromatic rings. The number of alkyl halides is 3. The molecule has 0 bridgehead atoms. The van der Waals surface area contributed by atoms with Crippen molar-refractivity contribution in [2.45, 2.75) is 38.5 Å². The Morgan fingerprint density at radius 1 is 1.08 bits per heavy atom. The predicted octanol–water partition coefficient (Wildman–Crippen LogP) is 4.60. The van der Waals surface area contributed by atoms with Gasteiger partial charge in [0, 0.05) is 69.0 Å². The molecule has 0 N–H and O–H groups in total. The van der Waals surface area contributed by atoms with Crippen molar-refractivity contribution < 1.29 is 22.4 Å². The summed E-state index contributed by atoms with van der Waals surface area (Å²) in [4.78, 5) is 20.3. The lowest BCUT2D eigenvalue weighted by molar-refractivity contribution is -0.140. The number of nitrogens with zero attached hydrogens (tertiary/aromatic N) is 7. The number of carbonyl (C=O) groups excluding carboxylic acids is 1. The molecule has 0 spiro atoms. The van der Waals surface area contributed by atoms with E-state index in [1.807, 2.05) is 19.2 Å². The number of pyridine rings is 1. The third kappa shape index (κ3) is 4.90. The molecule has 0 saturated carbocycles. The van der Waals surface area contributed by atoms with E-state index in [4.69, 9.17) is 0 Å². The van der Waals surface area contributed by atoms with Crippen LogP contribution < -0.4 is 4.90 Å². The van der Waals surface area contributed by atoms with Gasteiger partial charge in [-0.15, -0.1) is 10.2 Å². The van der Waals surface area contributed by atoms with Crippen molar-refractivity contribution in [2.75, 3.05) is 18.0 Å². The van der Waals surface area contributed by atoms with Gasteiger partial charge in [0.1, 0.15) is 11.5 Å². The van der Waals surface area contributed by atoms with Gasteiger partial charge in [-0.2, -0.15) is 18.3 Å². The molecule has 1 aliphatic heterocycles. The Balaban J connectivity index is 1.37. The van der Waals surface area contributed by atoms with Crippen molar-refractivity contribution in [2.24, 2.45) is 7.05 Å². The van der Waals surface area contributed by atoms with E-state index < -0.39 is 17.6 Å². The molecule has 38 heavy (non-hydrogen) atoms. The summed E-state index contributed by atoms with van der Waals surface area (Å²) in [6, 6.07) is 6.02. The molecule has 4 heterocycles. The maximum absolute atomic E-state index is 13.6. The number of halogens is 4. The Morgan fingerprint density at radius 3 is 2.50 bits per heavy atom. The zero-order valence-electron chi connectivity index (χ0n) is 20.8. The summed E-state index contributed by atoms with van der Waals surface area (Å²) in [5.74, 6) is -0.651. The molecule has 1 aromatic carbocycles. The molecule has 1 saturated heterocycles. The highest BCUT2D eigenvalue weighted by molar-refractivity contribution is 5.99. The molecule has 8 nitrogen and oxygen atoms in total. The Kier molecular flexibility index (Phi) is 6.72. The number of aryl methyl sites for hydroxylation is 1. The van der Waals surface area contributed by atoms with Crippen LogP contribution in [0.2, 0.25) is 0 Å². The number of anilines is 1. The molecule has 1 amide bonds. The van der Waals surface area contributed by atoms with E-state index in [2.05, 4.69) is 25.2 Å². The molecular formula is C26H25F4N7O. The van der Waals surface area contributed by atoms with Crippen molar-refractivity contribution in [3.05, 3.63) is 65.9 Å². The van der Waals surface area contributed by atoms with Crippen molar-refractivity contribution in [1.82, 2.24) is 29.9 Å². The molecule has 0 radical (unpaired) electrons. The Hall–Kier alpha value is -4.09. The first-order chi connectivity index (χ1) is 18.1. The van der Waals surface area contributed by atoms with Crippen LogP contribution in [0.4, 0.5) is 23.4 Å². The Labute approximate surface area is 215 Å². The number of rotatable bonds is 5. The molecule has 198 valence electrons. The maximum atomic E-state index is 13.6. The van der Waals surface area contributed by atoms with Crippen LogP contribution in [0.5, 0.6) is 0 Å². The standard InChI is InChI=1S/C26H25F4N7O/c1-16(38)37(15-17-3-4-18(27)13-22(17)26(28,29)30)19-7-11-36(12-8-19)25-21-14-31-9-5-20(21)24(33-34-25)23-6-10-32-35(23)2/h3-6,9-10,13-14,19H,7-8,11-12,15H2,1-2H3. The van der Waals surface area contributed by atoms with Gasteiger partial charge in [0.25, 0.3) is 0 Å². The fourth-order valence-electron chi connectivity index (χ4n) is 5.03. The van der Waals surface area contributed by atoms with Crippen LogP contribution in [0.25, 0.3) is 22.2 Å². The highest BCUT2D eigenvalue weighted by Crippen LogP contribution is 2.35. The third-order valence-electron chi connectivity index (χ3n) is 6.95. The molecule has 3 aromatic heterocycles. The van der Waals surface area contributed by atoms with Crippen molar-refractivity contribution in [3.8, 4) is 11.4 Å². The predicted molar refractivity (Wildman–Crippen MR) is 132 cm³/mol. The average Bonchev–Trinajstić information content (AvgIpc) is 3.32. The van der Waals surface area contributed by atoms with Crippen LogP contribution in [-0.2, 0) is 24.6 Å². The van der Waals surface area contributed by atoms with E-state index in [-0.39, 0.29) is 24.1 Å². The normalized spacial score (nSPS) is 14.7. The van der Waals surface area contributed by atoms with E-state index in [1.54, 1.807) is 23.3 Å². The zero-order chi connectivity index (χ0) is 27.0. The van der Waals surface area contributed by atoms with E-state index in [1.165, 1.54) is 11.8 Å². The first-order valence-electron chi connectivity index (χ1n) is 12.1. The third-order valence-corrected chi connectivity index (χ3v) is 6.95. The Morgan fingerprint density at radius 2 is 1.84 bits per heavy atom. The van der Waals surface area contributed by atoms with Gasteiger partial charge in [-0.3, -0.25) is 14.5 Å². The number of hydrogen-bond acceptors (Lipinski definition) is 6. The lowest BCUT2D eigenvalue weighted by atomic mass is 10.00. The smallest absolute Gasteiger partial charge is 0.354 e. The minimum absolute atomic E-state index is 0.134. The van der Waals surface area contributed by atoms with Gasteiger partial charge in [-0.1, -0.05) is 6.07 Å². The zero-order valence-corrected chi connectivity index (χ0v) is 20.8. The molecule has 0 unspecified atom stereocenters. The number of aromatic nitrogens is 5. The van der Waals surface area contributed by atoms with Crippen LogP contribution in [0.15, 0.2) is 48.9 Å². The van der Waals surface area contributed by atoms with Crippen LogP contribution in [-0.4, -0.2) is 54.9 Å². The summed E-state index contributed by atoms with van der Waals surface area (Å²) < 4.78 is 55.9. The van der Waals surface area contributed by atoms with Crippen LogP contribution in [0.1, 0.15) is 30.9 Å². The van der Waals surface area contributed by atoms with Crippen molar-refractivity contribution >= 4 is 22.5 Å². The summed E-state index contributed by atoms with van der Waals surface area (Å²) in [5.41, 5.74) is 0.299. The van der Waals surface area contributed by atoms with Gasteiger partial charge in [0.15, 0.2) is 5.82 Å². The van der Waals surface area contributed by atoms with Gasteiger partial charge in [-0.25, -0.2) is 4.39 Å². The van der Waals surface area contributed by atoms with E-state index >= 15 is 0 Å². The monoisotopic (exact) mass is 527 g/mol. The summed E-state index contributed by atoms with van der Waals surface area (Å²) in [5, 5.41) is 14.9. The Bertz CT molecular complexity index is 1480. The molecule has 1 fully saturated rings. The molecular weight excluding hydrogens is 502 g/mol. The molecule has 1 aliphatic rings. The highest BCUT2D eigenvalue weighted by atomic mass is 19.4. The van der Waals surface area contributed by atoms with E-state index in [0.717, 1.165) is 28.6 Å². The van der Waals surface area contributed by atoms with Crippen LogP contribution in [0, 0.1) is 5.82 Å². The highest BCUT2D eigenvalue weighted by Gasteiger charge is 2.36. The minimum Gasteiger partial charge on any atom is -0.354 e. The fourth-order valence-corrected chi connectivity index (χ4v) is 5.03. The maximum Gasteiger partial charge on any atom is 0.416 e. The van der Waals surface area contributed by atoms with Gasteiger partial charge in [-0.05, 0) is 42.7 Å². The minimum atomic E-state index is -4.72. The number of fused-ring (bicyclic) bond motifs is 1. The van der Waals surface area contributed by atoms with Gasteiger partial charge < -0.3 is 9.80 Å². The topological polar surface area (TPSA) is 80.0 Å². The summed E-state index contributed by atoms with van der Waals surface area (Å²) >= 11 is 0. The van der Waals surface area contributed by atoms with Gasteiger partial charge in [0.05, 0.1) is 11.3 Å². The largest absolute Gasteiger partial charge is 0.416 e. The van der Waals surface area contributed by atoms with Gasteiger partial charge in [0.2, 0.25) is 5.91 Å². The van der Waals surface area contributed by atoms with Crippen LogP contribution in [0.3, 0.4) is 0 Å². The van der Waals surface area contributed by atoms with E-state index in [9.17, 15) is 22.4 Å². The average molecular weight is 528 g/mol. The van der Waals surface area contributed by atoms with Crippen LogP contribution >= 0.6 is 0 Å². The van der Waals surface area contributed by atoms with Crippen molar-refractivity contribution in [1.29, 1.82) is 0 Å². The second kappa shape index (κ2) is 9.99. The summed E-state index contributed by atoms with van der Waals surface area (Å²) in [6.07, 6.45) is 1.44. The quantitative estimate of drug-likeness (QED) is 0.353. The second-order valence-electron chi connectivity index (χ2n) is 9.30. The molecule has 0 atom stereocenters. The molecule has 0 aliphatic carbocycles. The summed E-state index contributed by atoms with van der Waals surface area (Å²) in [7, 11) is 1.83. The number of benzene rings is 1. The first-order valence-corrected chi connectivity index (χ1v) is 12.1. The second-order valence-corrected chi connectivity index (χ2v) is 9.30. The number of piperidine rings is 1. The van der Waals surface area contributed by atoms with Gasteiger partial charge >= 0.3 is 6.18 Å². The van der Waals surface area contributed by atoms with Crippen molar-refractivity contribution in [3.63, 3.8) is 0 Å². The molecule has 5 rings (SSSR count). The lowest BCUT2D eigenvalue weighted by Crippen LogP contribution is -2.47. The fraction of sp³-hybridized carbons (Fsp3) is 0.346. The van der Waals surface area contributed by atoms with E-state index in [0.29, 0.717) is 43.5 Å².